The van der Waals surface area contributed by atoms with Crippen LogP contribution in [0, 0.1) is 0 Å². The maximum atomic E-state index is 10.9. The van der Waals surface area contributed by atoms with Crippen molar-refractivity contribution >= 4 is 41.6 Å². The molecule has 0 aliphatic rings. The number of benzene rings is 1. The Morgan fingerprint density at radius 1 is 1.25 bits per heavy atom. The topological polar surface area (TPSA) is 76.7 Å². The molecule has 112 valence electrons. The van der Waals surface area contributed by atoms with E-state index in [0.717, 1.165) is 24.9 Å². The van der Waals surface area contributed by atoms with Crippen LogP contribution in [0.3, 0.4) is 0 Å². The molecule has 0 aliphatic carbocycles. The average molecular weight is 391 g/mol. The third-order valence-corrected chi connectivity index (χ3v) is 2.60. The molecule has 0 radical (unpaired) electrons. The van der Waals surface area contributed by atoms with Gasteiger partial charge in [-0.2, -0.15) is 0 Å². The fourth-order valence-electron chi connectivity index (χ4n) is 1.57. The first-order chi connectivity index (χ1) is 9.22. The van der Waals surface area contributed by atoms with Crippen molar-refractivity contribution < 1.29 is 9.53 Å². The van der Waals surface area contributed by atoms with Crippen LogP contribution in [-0.4, -0.2) is 25.6 Å². The number of nitrogens with zero attached hydrogens (tertiary/aromatic N) is 1. The molecular weight excluding hydrogens is 369 g/mol. The molecule has 5 nitrogen and oxygen atoms in total. The lowest BCUT2D eigenvalue weighted by Crippen LogP contribution is -2.22. The van der Waals surface area contributed by atoms with Crippen molar-refractivity contribution in [2.45, 2.75) is 25.7 Å². The standard InChI is InChI=1S/C14H21N3O2.HI/c1-19-13(18)10-6-3-7-11-16-14(15)17-12-8-4-2-5-9-12;/h2,4-5,8-9H,3,6-7,10-11H2,1H3,(H3,15,16,17);1H. The van der Waals surface area contributed by atoms with E-state index in [9.17, 15) is 4.79 Å². The Morgan fingerprint density at radius 2 is 1.95 bits per heavy atom. The zero-order valence-corrected chi connectivity index (χ0v) is 14.0. The highest BCUT2D eigenvalue weighted by Crippen LogP contribution is 2.04. The van der Waals surface area contributed by atoms with Gasteiger partial charge in [-0.3, -0.25) is 9.79 Å². The number of aliphatic imine (C=N–C) groups is 1. The summed E-state index contributed by atoms with van der Waals surface area (Å²) in [5.74, 6) is 0.257. The van der Waals surface area contributed by atoms with Gasteiger partial charge < -0.3 is 15.8 Å². The van der Waals surface area contributed by atoms with Crippen molar-refractivity contribution in [3.63, 3.8) is 0 Å². The highest BCUT2D eigenvalue weighted by Gasteiger charge is 1.99. The van der Waals surface area contributed by atoms with E-state index in [0.29, 0.717) is 18.9 Å². The molecule has 1 rings (SSSR count). The van der Waals surface area contributed by atoms with Gasteiger partial charge in [0.2, 0.25) is 0 Å². The quantitative estimate of drug-likeness (QED) is 0.246. The van der Waals surface area contributed by atoms with E-state index in [1.165, 1.54) is 7.11 Å². The number of unbranched alkanes of at least 4 members (excludes halogenated alkanes) is 2. The fraction of sp³-hybridized carbons (Fsp3) is 0.429. The van der Waals surface area contributed by atoms with Crippen LogP contribution in [0.2, 0.25) is 0 Å². The molecular formula is C14H22IN3O2. The maximum Gasteiger partial charge on any atom is 0.305 e. The largest absolute Gasteiger partial charge is 0.469 e. The number of halogens is 1. The minimum Gasteiger partial charge on any atom is -0.469 e. The van der Waals surface area contributed by atoms with Crippen molar-refractivity contribution in [3.05, 3.63) is 30.3 Å². The molecule has 20 heavy (non-hydrogen) atoms. The van der Waals surface area contributed by atoms with Gasteiger partial charge in [0.05, 0.1) is 7.11 Å². The SMILES string of the molecule is COC(=O)CCCCCN=C(N)Nc1ccccc1.I. The van der Waals surface area contributed by atoms with Crippen LogP contribution in [0.25, 0.3) is 0 Å². The summed E-state index contributed by atoms with van der Waals surface area (Å²) in [5.41, 5.74) is 6.68. The molecule has 1 aromatic carbocycles. The number of carbonyl (C=O) groups excluding carboxylic acids is 1. The zero-order chi connectivity index (χ0) is 13.9. The Bertz CT molecular complexity index is 410. The van der Waals surface area contributed by atoms with E-state index in [2.05, 4.69) is 15.0 Å². The monoisotopic (exact) mass is 391 g/mol. The molecule has 0 bridgehead atoms. The van der Waals surface area contributed by atoms with Gasteiger partial charge in [-0.05, 0) is 25.0 Å². The minimum absolute atomic E-state index is 0. The molecule has 6 heteroatoms. The first-order valence-electron chi connectivity index (χ1n) is 6.41. The van der Waals surface area contributed by atoms with Crippen molar-refractivity contribution in [1.82, 2.24) is 0 Å². The van der Waals surface area contributed by atoms with Crippen molar-refractivity contribution in [2.75, 3.05) is 19.0 Å². The van der Waals surface area contributed by atoms with E-state index < -0.39 is 0 Å². The molecule has 0 spiro atoms. The number of ether oxygens (including phenoxy) is 1. The molecule has 0 aliphatic heterocycles. The van der Waals surface area contributed by atoms with Crippen LogP contribution in [0.5, 0.6) is 0 Å². The van der Waals surface area contributed by atoms with E-state index >= 15 is 0 Å². The highest BCUT2D eigenvalue weighted by molar-refractivity contribution is 14.0. The third-order valence-electron chi connectivity index (χ3n) is 2.60. The minimum atomic E-state index is -0.159. The van der Waals surface area contributed by atoms with Crippen LogP contribution < -0.4 is 11.1 Å². The Labute approximate surface area is 137 Å². The molecule has 0 amide bonds. The lowest BCUT2D eigenvalue weighted by Gasteiger charge is -2.05. The Balaban J connectivity index is 0.00000361. The van der Waals surface area contributed by atoms with E-state index in [4.69, 9.17) is 5.73 Å². The van der Waals surface area contributed by atoms with Crippen LogP contribution in [0.1, 0.15) is 25.7 Å². The molecule has 0 fully saturated rings. The van der Waals surface area contributed by atoms with Crippen molar-refractivity contribution in [2.24, 2.45) is 10.7 Å². The summed E-state index contributed by atoms with van der Waals surface area (Å²) >= 11 is 0. The molecule has 3 N–H and O–H groups in total. The number of methoxy groups -OCH3 is 1. The van der Waals surface area contributed by atoms with Gasteiger partial charge in [0, 0.05) is 18.7 Å². The number of hydrogen-bond acceptors (Lipinski definition) is 3. The Morgan fingerprint density at radius 3 is 2.60 bits per heavy atom. The molecule has 0 saturated carbocycles. The molecule has 0 aromatic heterocycles. The maximum absolute atomic E-state index is 10.9. The van der Waals surface area contributed by atoms with Crippen LogP contribution >= 0.6 is 24.0 Å². The predicted octanol–water partition coefficient (Wildman–Crippen LogP) is 2.76. The number of nitrogens with one attached hydrogen (secondary N) is 1. The Kier molecular flexibility index (Phi) is 10.8. The molecule has 0 saturated heterocycles. The normalized spacial score (nSPS) is 10.6. The number of esters is 1. The number of carbonyl (C=O) groups is 1. The summed E-state index contributed by atoms with van der Waals surface area (Å²) in [4.78, 5) is 15.1. The number of para-hydroxylation sites is 1. The number of guanidine groups is 1. The summed E-state index contributed by atoms with van der Waals surface area (Å²) in [6.07, 6.45) is 3.15. The highest BCUT2D eigenvalue weighted by atomic mass is 127. The second-order valence-corrected chi connectivity index (χ2v) is 4.14. The van der Waals surface area contributed by atoms with Gasteiger partial charge in [-0.15, -0.1) is 24.0 Å². The van der Waals surface area contributed by atoms with Gasteiger partial charge in [-0.25, -0.2) is 0 Å². The zero-order valence-electron chi connectivity index (χ0n) is 11.7. The van der Waals surface area contributed by atoms with Crippen molar-refractivity contribution in [3.8, 4) is 0 Å². The van der Waals surface area contributed by atoms with E-state index in [-0.39, 0.29) is 29.9 Å². The molecule has 0 atom stereocenters. The second kappa shape index (κ2) is 11.5. The number of anilines is 1. The summed E-state index contributed by atoms with van der Waals surface area (Å²) in [6.45, 7) is 0.660. The fourth-order valence-corrected chi connectivity index (χ4v) is 1.57. The van der Waals surface area contributed by atoms with Gasteiger partial charge in [-0.1, -0.05) is 24.6 Å². The smallest absolute Gasteiger partial charge is 0.305 e. The predicted molar refractivity (Wildman–Crippen MR) is 92.5 cm³/mol. The number of hydrogen-bond donors (Lipinski definition) is 2. The van der Waals surface area contributed by atoms with Gasteiger partial charge >= 0.3 is 5.97 Å². The summed E-state index contributed by atoms with van der Waals surface area (Å²) in [5, 5.41) is 3.01. The lowest BCUT2D eigenvalue weighted by molar-refractivity contribution is -0.140. The molecule has 0 unspecified atom stereocenters. The second-order valence-electron chi connectivity index (χ2n) is 4.14. The molecule has 0 heterocycles. The average Bonchev–Trinajstić information content (AvgIpc) is 2.43. The molecule has 1 aromatic rings. The summed E-state index contributed by atoms with van der Waals surface area (Å²) in [7, 11) is 1.41. The van der Waals surface area contributed by atoms with Crippen molar-refractivity contribution in [1.29, 1.82) is 0 Å². The first-order valence-corrected chi connectivity index (χ1v) is 6.41. The lowest BCUT2D eigenvalue weighted by atomic mass is 10.2. The summed E-state index contributed by atoms with van der Waals surface area (Å²) < 4.78 is 4.56. The first kappa shape index (κ1) is 18.7. The van der Waals surface area contributed by atoms with E-state index in [1.807, 2.05) is 30.3 Å². The summed E-state index contributed by atoms with van der Waals surface area (Å²) in [6, 6.07) is 9.67. The van der Waals surface area contributed by atoms with E-state index in [1.54, 1.807) is 0 Å². The van der Waals surface area contributed by atoms with Crippen LogP contribution in [0.15, 0.2) is 35.3 Å². The van der Waals surface area contributed by atoms with Gasteiger partial charge in [0.15, 0.2) is 5.96 Å². The Hall–Kier alpha value is -1.31. The number of nitrogens with two attached hydrogens (primary N) is 1. The van der Waals surface area contributed by atoms with Gasteiger partial charge in [0.1, 0.15) is 0 Å². The van der Waals surface area contributed by atoms with Crippen LogP contribution in [-0.2, 0) is 9.53 Å². The van der Waals surface area contributed by atoms with Crippen LogP contribution in [0.4, 0.5) is 5.69 Å². The van der Waals surface area contributed by atoms with Gasteiger partial charge in [0.25, 0.3) is 0 Å². The third kappa shape index (κ3) is 8.73. The number of rotatable bonds is 7.